The molecule has 0 fully saturated rings. The van der Waals surface area contributed by atoms with Gasteiger partial charge in [0, 0.05) is 23.8 Å². The van der Waals surface area contributed by atoms with Gasteiger partial charge in [0.1, 0.15) is 4.88 Å². The number of amides is 1. The van der Waals surface area contributed by atoms with Gasteiger partial charge in [0.25, 0.3) is 5.91 Å². The smallest absolute Gasteiger partial charge is 0.263 e. The summed E-state index contributed by atoms with van der Waals surface area (Å²) in [5, 5.41) is 3.91. The first-order valence-electron chi connectivity index (χ1n) is 6.56. The topological polar surface area (TPSA) is 68.0 Å². The Balaban J connectivity index is 2.15. The number of nitrogens with two attached hydrogens (primary N) is 1. The van der Waals surface area contributed by atoms with Crippen molar-refractivity contribution in [3.05, 3.63) is 23.3 Å². The van der Waals surface area contributed by atoms with Gasteiger partial charge in [-0.3, -0.25) is 9.78 Å². The minimum atomic E-state index is -0.0812. The number of hydrogen-bond acceptors (Lipinski definition) is 4. The molecule has 0 bridgehead atoms. The van der Waals surface area contributed by atoms with Gasteiger partial charge in [-0.15, -0.1) is 11.3 Å². The zero-order valence-electron chi connectivity index (χ0n) is 11.3. The molecular weight excluding hydrogens is 258 g/mol. The Bertz CT molecular complexity index is 579. The van der Waals surface area contributed by atoms with Gasteiger partial charge >= 0.3 is 0 Å². The zero-order valence-corrected chi connectivity index (χ0v) is 12.1. The van der Waals surface area contributed by atoms with E-state index in [1.807, 2.05) is 13.0 Å². The molecule has 0 aliphatic carbocycles. The van der Waals surface area contributed by atoms with Gasteiger partial charge < -0.3 is 11.1 Å². The first-order chi connectivity index (χ1) is 9.13. The predicted molar refractivity (Wildman–Crippen MR) is 80.5 cm³/mol. The number of thiophene rings is 1. The third-order valence-corrected chi connectivity index (χ3v) is 4.26. The number of carbonyl (C=O) groups excluding carboxylic acids is 1. The van der Waals surface area contributed by atoms with E-state index < -0.39 is 0 Å². The van der Waals surface area contributed by atoms with Crippen molar-refractivity contribution in [2.75, 3.05) is 5.73 Å². The van der Waals surface area contributed by atoms with Gasteiger partial charge in [-0.1, -0.05) is 19.8 Å². The van der Waals surface area contributed by atoms with E-state index in [-0.39, 0.29) is 11.9 Å². The van der Waals surface area contributed by atoms with Crippen LogP contribution in [-0.2, 0) is 0 Å². The van der Waals surface area contributed by atoms with Crippen molar-refractivity contribution in [2.45, 2.75) is 39.2 Å². The Labute approximate surface area is 117 Å². The summed E-state index contributed by atoms with van der Waals surface area (Å²) in [5.41, 5.74) is 6.60. The highest BCUT2D eigenvalue weighted by Gasteiger charge is 2.17. The molecule has 2 rings (SSSR count). The molecule has 0 saturated heterocycles. The quantitative estimate of drug-likeness (QED) is 0.882. The first-order valence-corrected chi connectivity index (χ1v) is 7.38. The third-order valence-electron chi connectivity index (χ3n) is 3.11. The zero-order chi connectivity index (χ0) is 13.8. The number of hydrogen-bond donors (Lipinski definition) is 2. The van der Waals surface area contributed by atoms with E-state index in [4.69, 9.17) is 5.73 Å². The van der Waals surface area contributed by atoms with Crippen LogP contribution in [0.25, 0.3) is 10.1 Å². The Morgan fingerprint density at radius 3 is 3.05 bits per heavy atom. The Kier molecular flexibility index (Phi) is 4.37. The molecule has 102 valence electrons. The molecule has 3 N–H and O–H groups in total. The van der Waals surface area contributed by atoms with E-state index in [1.165, 1.54) is 11.3 Å². The Morgan fingerprint density at radius 1 is 1.58 bits per heavy atom. The van der Waals surface area contributed by atoms with E-state index in [0.29, 0.717) is 10.6 Å². The largest absolute Gasteiger partial charge is 0.397 e. The highest BCUT2D eigenvalue weighted by Crippen LogP contribution is 2.32. The van der Waals surface area contributed by atoms with Crippen LogP contribution in [0.3, 0.4) is 0 Å². The summed E-state index contributed by atoms with van der Waals surface area (Å²) in [6.07, 6.45) is 6.68. The van der Waals surface area contributed by atoms with Crippen molar-refractivity contribution in [3.63, 3.8) is 0 Å². The number of fused-ring (bicyclic) bond motifs is 1. The first kappa shape index (κ1) is 13.8. The molecule has 2 aromatic heterocycles. The lowest BCUT2D eigenvalue weighted by Crippen LogP contribution is -2.32. The normalized spacial score (nSPS) is 12.5. The lowest BCUT2D eigenvalue weighted by atomic mass is 10.1. The molecule has 2 heterocycles. The molecule has 0 spiro atoms. The summed E-state index contributed by atoms with van der Waals surface area (Å²) in [6.45, 7) is 4.17. The number of aromatic nitrogens is 1. The average Bonchev–Trinajstić information content (AvgIpc) is 2.74. The van der Waals surface area contributed by atoms with Gasteiger partial charge in [-0.2, -0.15) is 0 Å². The van der Waals surface area contributed by atoms with Crippen LogP contribution >= 0.6 is 11.3 Å². The van der Waals surface area contributed by atoms with Crippen LogP contribution in [0.4, 0.5) is 5.69 Å². The number of pyridine rings is 1. The van der Waals surface area contributed by atoms with E-state index in [2.05, 4.69) is 17.2 Å². The van der Waals surface area contributed by atoms with Crippen LogP contribution in [0.15, 0.2) is 18.5 Å². The number of nitrogen functional groups attached to an aromatic ring is 1. The molecule has 1 atom stereocenters. The second kappa shape index (κ2) is 6.02. The molecule has 0 radical (unpaired) electrons. The highest BCUT2D eigenvalue weighted by molar-refractivity contribution is 7.21. The fourth-order valence-corrected chi connectivity index (χ4v) is 3.00. The second-order valence-electron chi connectivity index (χ2n) is 4.73. The average molecular weight is 277 g/mol. The lowest BCUT2D eigenvalue weighted by molar-refractivity contribution is 0.0943. The van der Waals surface area contributed by atoms with Crippen molar-refractivity contribution < 1.29 is 4.79 Å². The highest BCUT2D eigenvalue weighted by atomic mass is 32.1. The van der Waals surface area contributed by atoms with Crippen LogP contribution in [0, 0.1) is 0 Å². The molecule has 1 amide bonds. The van der Waals surface area contributed by atoms with Gasteiger partial charge in [-0.25, -0.2) is 0 Å². The summed E-state index contributed by atoms with van der Waals surface area (Å²) >= 11 is 1.40. The maximum Gasteiger partial charge on any atom is 0.263 e. The summed E-state index contributed by atoms with van der Waals surface area (Å²) in [7, 11) is 0. The Hall–Kier alpha value is -1.62. The lowest BCUT2D eigenvalue weighted by Gasteiger charge is -2.12. The monoisotopic (exact) mass is 277 g/mol. The number of unbranched alkanes of at least 4 members (excludes halogenated alkanes) is 1. The Morgan fingerprint density at radius 2 is 2.37 bits per heavy atom. The predicted octanol–water partition coefficient (Wildman–Crippen LogP) is 3.19. The van der Waals surface area contributed by atoms with Crippen LogP contribution in [0.5, 0.6) is 0 Å². The van der Waals surface area contributed by atoms with Crippen LogP contribution in [-0.4, -0.2) is 16.9 Å². The molecule has 0 aromatic carbocycles. The molecule has 4 nitrogen and oxygen atoms in total. The minimum absolute atomic E-state index is 0.0812. The molecule has 2 aromatic rings. The van der Waals surface area contributed by atoms with E-state index in [9.17, 15) is 4.79 Å². The fourth-order valence-electron chi connectivity index (χ4n) is 2.01. The van der Waals surface area contributed by atoms with Crippen molar-refractivity contribution in [1.29, 1.82) is 0 Å². The molecular formula is C14H19N3OS. The summed E-state index contributed by atoms with van der Waals surface area (Å²) < 4.78 is 0.950. The van der Waals surface area contributed by atoms with Crippen LogP contribution in [0.1, 0.15) is 42.8 Å². The van der Waals surface area contributed by atoms with E-state index in [1.54, 1.807) is 12.4 Å². The van der Waals surface area contributed by atoms with Crippen molar-refractivity contribution in [3.8, 4) is 0 Å². The van der Waals surface area contributed by atoms with Gasteiger partial charge in [-0.05, 0) is 19.4 Å². The van der Waals surface area contributed by atoms with Crippen molar-refractivity contribution >= 4 is 33.0 Å². The molecule has 0 aliphatic rings. The standard InChI is InChI=1S/C14H19N3OS/c1-3-4-5-9(2)17-14(18)13-12(15)10-6-7-16-8-11(10)19-13/h6-9H,3-5,15H2,1-2H3,(H,17,18). The third kappa shape index (κ3) is 3.04. The number of nitrogens with one attached hydrogen (secondary N) is 1. The van der Waals surface area contributed by atoms with Crippen molar-refractivity contribution in [2.24, 2.45) is 0 Å². The number of nitrogens with zero attached hydrogens (tertiary/aromatic N) is 1. The summed E-state index contributed by atoms with van der Waals surface area (Å²) in [5.74, 6) is -0.0812. The minimum Gasteiger partial charge on any atom is -0.397 e. The van der Waals surface area contributed by atoms with E-state index >= 15 is 0 Å². The fraction of sp³-hybridized carbons (Fsp3) is 0.429. The van der Waals surface area contributed by atoms with Crippen LogP contribution in [0.2, 0.25) is 0 Å². The van der Waals surface area contributed by atoms with Gasteiger partial charge in [0.05, 0.1) is 10.4 Å². The number of anilines is 1. The molecule has 0 saturated carbocycles. The van der Waals surface area contributed by atoms with Gasteiger partial charge in [0.2, 0.25) is 0 Å². The second-order valence-corrected chi connectivity index (χ2v) is 5.79. The number of carbonyl (C=O) groups is 1. The van der Waals surface area contributed by atoms with Gasteiger partial charge in [0.15, 0.2) is 0 Å². The maximum absolute atomic E-state index is 12.2. The van der Waals surface area contributed by atoms with Crippen LogP contribution < -0.4 is 11.1 Å². The molecule has 19 heavy (non-hydrogen) atoms. The summed E-state index contributed by atoms with van der Waals surface area (Å²) in [4.78, 5) is 16.8. The molecule has 1 unspecified atom stereocenters. The molecule has 0 aliphatic heterocycles. The molecule has 5 heteroatoms. The maximum atomic E-state index is 12.2. The van der Waals surface area contributed by atoms with Crippen molar-refractivity contribution in [1.82, 2.24) is 10.3 Å². The number of rotatable bonds is 5. The summed E-state index contributed by atoms with van der Waals surface area (Å²) in [6, 6.07) is 2.02. The SMILES string of the molecule is CCCCC(C)NC(=O)c1sc2cnccc2c1N. The van der Waals surface area contributed by atoms with E-state index in [0.717, 1.165) is 29.3 Å².